The maximum atomic E-state index is 12.8. The molecule has 2 aromatic carbocycles. The fourth-order valence-corrected chi connectivity index (χ4v) is 3.40. The smallest absolute Gasteiger partial charge is 0.203 e. The number of aliphatic hydroxyl groups is 2. The third-order valence-electron chi connectivity index (χ3n) is 5.32. The Bertz CT molecular complexity index is 934. The lowest BCUT2D eigenvalue weighted by Gasteiger charge is -2.13. The number of hydrogen-bond donors (Lipinski definition) is 2. The Kier molecular flexibility index (Phi) is 13.1. The molecule has 0 radical (unpaired) electrons. The zero-order chi connectivity index (χ0) is 24.4. The quantitative estimate of drug-likeness (QED) is 0.142. The summed E-state index contributed by atoms with van der Waals surface area (Å²) in [7, 11) is 0. The van der Waals surface area contributed by atoms with E-state index in [0.717, 1.165) is 51.4 Å². The van der Waals surface area contributed by atoms with E-state index in [2.05, 4.69) is 0 Å². The van der Waals surface area contributed by atoms with Gasteiger partial charge in [0.05, 0.1) is 13.2 Å². The predicted molar refractivity (Wildman–Crippen MR) is 133 cm³/mol. The molecule has 2 aromatic rings. The van der Waals surface area contributed by atoms with Gasteiger partial charge >= 0.3 is 0 Å². The molecule has 0 aliphatic rings. The fourth-order valence-electron chi connectivity index (χ4n) is 3.40. The van der Waals surface area contributed by atoms with Crippen molar-refractivity contribution in [1.82, 2.24) is 0 Å². The SMILES string of the molecule is N#C/C(=C/c1ccc(OCCCCCCO)cc1OCCCCCCO)C(=O)c1ccccc1. The maximum absolute atomic E-state index is 12.8. The third-order valence-corrected chi connectivity index (χ3v) is 5.32. The number of unbranched alkanes of at least 4 members (excludes halogenated alkanes) is 6. The summed E-state index contributed by atoms with van der Waals surface area (Å²) in [5.74, 6) is 0.900. The molecule has 0 heterocycles. The van der Waals surface area contributed by atoms with Crippen molar-refractivity contribution in [2.75, 3.05) is 26.4 Å². The van der Waals surface area contributed by atoms with E-state index in [1.165, 1.54) is 0 Å². The molecule has 0 saturated carbocycles. The summed E-state index contributed by atoms with van der Waals surface area (Å²) in [6.45, 7) is 1.47. The highest BCUT2D eigenvalue weighted by Crippen LogP contribution is 2.28. The number of carbonyl (C=O) groups is 1. The third kappa shape index (κ3) is 9.78. The van der Waals surface area contributed by atoms with Crippen molar-refractivity contribution in [1.29, 1.82) is 5.26 Å². The number of carbonyl (C=O) groups excluding carboxylic acids is 1. The lowest BCUT2D eigenvalue weighted by molar-refractivity contribution is 0.104. The average Bonchev–Trinajstić information content (AvgIpc) is 2.87. The molecule has 2 N–H and O–H groups in total. The summed E-state index contributed by atoms with van der Waals surface area (Å²) in [5, 5.41) is 27.4. The van der Waals surface area contributed by atoms with Gasteiger partial charge in [-0.05, 0) is 56.7 Å². The summed E-state index contributed by atoms with van der Waals surface area (Å²) in [5.41, 5.74) is 1.14. The van der Waals surface area contributed by atoms with Crippen LogP contribution in [0, 0.1) is 11.3 Å². The second-order valence-electron chi connectivity index (χ2n) is 8.04. The van der Waals surface area contributed by atoms with Gasteiger partial charge in [0.25, 0.3) is 0 Å². The molecule has 0 aliphatic carbocycles. The lowest BCUT2D eigenvalue weighted by atomic mass is 10.0. The zero-order valence-corrected chi connectivity index (χ0v) is 19.7. The van der Waals surface area contributed by atoms with Crippen LogP contribution in [0.2, 0.25) is 0 Å². The first-order valence-corrected chi connectivity index (χ1v) is 12.0. The van der Waals surface area contributed by atoms with Crippen LogP contribution in [-0.2, 0) is 0 Å². The van der Waals surface area contributed by atoms with Crippen LogP contribution in [0.25, 0.3) is 6.08 Å². The van der Waals surface area contributed by atoms with Crippen LogP contribution in [0.3, 0.4) is 0 Å². The average molecular weight is 466 g/mol. The Labute approximate surface area is 202 Å². The Hall–Kier alpha value is -3.14. The lowest BCUT2D eigenvalue weighted by Crippen LogP contribution is -2.04. The number of nitriles is 1. The second kappa shape index (κ2) is 16.5. The summed E-state index contributed by atoms with van der Waals surface area (Å²) in [6.07, 6.45) is 8.74. The van der Waals surface area contributed by atoms with E-state index in [9.17, 15) is 10.1 Å². The van der Waals surface area contributed by atoms with E-state index in [0.29, 0.717) is 35.8 Å². The molecule has 0 amide bonds. The van der Waals surface area contributed by atoms with E-state index in [1.54, 1.807) is 42.5 Å². The molecule has 6 nitrogen and oxygen atoms in total. The molecule has 0 atom stereocenters. The molecule has 0 aliphatic heterocycles. The minimum absolute atomic E-state index is 0.0385. The minimum Gasteiger partial charge on any atom is -0.493 e. The molecule has 6 heteroatoms. The summed E-state index contributed by atoms with van der Waals surface area (Å²) in [4.78, 5) is 12.8. The van der Waals surface area contributed by atoms with Gasteiger partial charge in [-0.2, -0.15) is 5.26 Å². The number of ether oxygens (including phenoxy) is 2. The van der Waals surface area contributed by atoms with Crippen molar-refractivity contribution in [2.45, 2.75) is 51.4 Å². The number of benzene rings is 2. The van der Waals surface area contributed by atoms with Gasteiger partial charge in [-0.1, -0.05) is 43.2 Å². The van der Waals surface area contributed by atoms with Crippen molar-refractivity contribution in [2.24, 2.45) is 0 Å². The highest BCUT2D eigenvalue weighted by Gasteiger charge is 2.14. The molecule has 0 spiro atoms. The van der Waals surface area contributed by atoms with Crippen LogP contribution >= 0.6 is 0 Å². The van der Waals surface area contributed by atoms with E-state index in [1.807, 2.05) is 18.2 Å². The molecule has 182 valence electrons. The zero-order valence-electron chi connectivity index (χ0n) is 19.7. The first-order valence-electron chi connectivity index (χ1n) is 12.0. The van der Waals surface area contributed by atoms with Crippen LogP contribution in [0.5, 0.6) is 11.5 Å². The van der Waals surface area contributed by atoms with Gasteiger partial charge < -0.3 is 19.7 Å². The molecule has 0 unspecified atom stereocenters. The highest BCUT2D eigenvalue weighted by atomic mass is 16.5. The number of aliphatic hydroxyl groups excluding tert-OH is 2. The number of hydrogen-bond acceptors (Lipinski definition) is 6. The normalized spacial score (nSPS) is 11.1. The van der Waals surface area contributed by atoms with Gasteiger partial charge in [0.2, 0.25) is 5.78 Å². The number of nitrogens with zero attached hydrogens (tertiary/aromatic N) is 1. The van der Waals surface area contributed by atoms with Crippen molar-refractivity contribution >= 4 is 11.9 Å². The number of ketones is 1. The van der Waals surface area contributed by atoms with E-state index >= 15 is 0 Å². The molecule has 34 heavy (non-hydrogen) atoms. The standard InChI is InChI=1S/C28H35NO5/c29-22-25(28(32)23-12-6-5-7-13-23)20-24-14-15-26(33-18-10-3-1-8-16-30)21-27(24)34-19-11-4-2-9-17-31/h5-7,12-15,20-21,30-31H,1-4,8-11,16-19H2/b25-20-. The molecular formula is C28H35NO5. The Morgan fingerprint density at radius 3 is 2.06 bits per heavy atom. The number of Topliss-reactive ketones (excluding diaryl/α,β-unsaturated/α-hetero) is 1. The first kappa shape index (κ1) is 27.1. The van der Waals surface area contributed by atoms with Crippen LogP contribution < -0.4 is 9.47 Å². The Morgan fingerprint density at radius 2 is 1.44 bits per heavy atom. The van der Waals surface area contributed by atoms with E-state index < -0.39 is 0 Å². The van der Waals surface area contributed by atoms with Gasteiger partial charge in [-0.25, -0.2) is 0 Å². The topological polar surface area (TPSA) is 99.8 Å². The van der Waals surface area contributed by atoms with Crippen molar-refractivity contribution in [3.8, 4) is 17.6 Å². The van der Waals surface area contributed by atoms with E-state index in [4.69, 9.17) is 19.7 Å². The maximum Gasteiger partial charge on any atom is 0.203 e. The van der Waals surface area contributed by atoms with Crippen LogP contribution in [0.4, 0.5) is 0 Å². The fraction of sp³-hybridized carbons (Fsp3) is 0.429. The molecule has 0 fully saturated rings. The summed E-state index contributed by atoms with van der Waals surface area (Å²) < 4.78 is 11.9. The van der Waals surface area contributed by atoms with E-state index in [-0.39, 0.29) is 24.6 Å². The summed E-state index contributed by atoms with van der Waals surface area (Å²) >= 11 is 0. The Morgan fingerprint density at radius 1 is 0.824 bits per heavy atom. The van der Waals surface area contributed by atoms with Crippen LogP contribution in [-0.4, -0.2) is 42.4 Å². The van der Waals surface area contributed by atoms with Gasteiger partial charge in [0.1, 0.15) is 23.1 Å². The van der Waals surface area contributed by atoms with Gasteiger partial charge in [-0.15, -0.1) is 0 Å². The molecular weight excluding hydrogens is 430 g/mol. The van der Waals surface area contributed by atoms with Crippen molar-refractivity contribution in [3.63, 3.8) is 0 Å². The molecule has 0 saturated heterocycles. The molecule has 0 bridgehead atoms. The second-order valence-corrected chi connectivity index (χ2v) is 8.04. The molecule has 0 aromatic heterocycles. The minimum atomic E-state index is -0.332. The summed E-state index contributed by atoms with van der Waals surface area (Å²) in [6, 6.07) is 16.2. The van der Waals surface area contributed by atoms with Crippen molar-refractivity contribution < 1.29 is 24.5 Å². The van der Waals surface area contributed by atoms with Crippen LogP contribution in [0.1, 0.15) is 67.3 Å². The van der Waals surface area contributed by atoms with Gasteiger partial charge in [0, 0.05) is 30.4 Å². The molecule has 2 rings (SSSR count). The monoisotopic (exact) mass is 465 g/mol. The first-order chi connectivity index (χ1) is 16.7. The largest absolute Gasteiger partial charge is 0.493 e. The number of allylic oxidation sites excluding steroid dienone is 1. The Balaban J connectivity index is 2.13. The highest BCUT2D eigenvalue weighted by molar-refractivity contribution is 6.14. The van der Waals surface area contributed by atoms with Gasteiger partial charge in [-0.3, -0.25) is 4.79 Å². The van der Waals surface area contributed by atoms with Crippen LogP contribution in [0.15, 0.2) is 54.1 Å². The number of rotatable bonds is 17. The van der Waals surface area contributed by atoms with Crippen molar-refractivity contribution in [3.05, 3.63) is 65.2 Å². The van der Waals surface area contributed by atoms with Gasteiger partial charge in [0.15, 0.2) is 0 Å². The predicted octanol–water partition coefficient (Wildman–Crippen LogP) is 5.34.